The molecule has 0 saturated carbocycles. The molecule has 0 radical (unpaired) electrons. The number of rotatable bonds is 0. The van der Waals surface area contributed by atoms with Crippen molar-refractivity contribution in [2.24, 2.45) is 5.41 Å². The van der Waals surface area contributed by atoms with Crippen LogP contribution in [0.4, 0.5) is 0 Å². The Morgan fingerprint density at radius 3 is 0.533 bits per heavy atom. The minimum absolute atomic E-state index is 0. The van der Waals surface area contributed by atoms with Crippen LogP contribution in [-0.2, 0) is 0 Å². The molecule has 0 aromatic rings. The Labute approximate surface area is 78.1 Å². The zero-order valence-electron chi connectivity index (χ0n) is 10.8. The van der Waals surface area contributed by atoms with Gasteiger partial charge in [0.2, 0.25) is 0 Å². The molecule has 0 atom stereocenters. The van der Waals surface area contributed by atoms with E-state index in [0.717, 1.165) is 21.3 Å². The zero-order chi connectivity index (χ0) is 10.5. The molecule has 0 heterocycles. The first-order valence-corrected chi connectivity index (χ1v) is 3.22. The third kappa shape index (κ3) is 88.1. The van der Waals surface area contributed by atoms with Gasteiger partial charge >= 0.3 is 0 Å². The molecule has 0 aliphatic rings. The summed E-state index contributed by atoms with van der Waals surface area (Å²) in [5, 5.41) is 24.8. The van der Waals surface area contributed by atoms with Gasteiger partial charge in [-0.05, 0) is 5.41 Å². The third-order valence-electron chi connectivity index (χ3n) is 0. The van der Waals surface area contributed by atoms with E-state index in [9.17, 15) is 0 Å². The van der Waals surface area contributed by atoms with Gasteiger partial charge in [-0.2, -0.15) is 21.3 Å². The quantitative estimate of drug-likeness (QED) is 0.333. The van der Waals surface area contributed by atoms with Crippen LogP contribution in [0.25, 0.3) is 0 Å². The third-order valence-corrected chi connectivity index (χ3v) is 0. The molecule has 0 aromatic carbocycles. The topological polar surface area (TPSA) is 69.2 Å². The molecule has 0 saturated heterocycles. The monoisotopic (exact) mass is 1020 g/mol. The van der Waals surface area contributed by atoms with E-state index in [-0.39, 0.29) is 7.43 Å². The van der Waals surface area contributed by atoms with Crippen LogP contribution in [0.2, 0.25) is 0 Å². The first-order chi connectivity index (χ1) is 5.00. The Kier molecular flexibility index (Phi) is 797. The van der Waals surface area contributed by atoms with Crippen molar-refractivity contribution in [3.63, 3.8) is 0 Å². The van der Waals surface area contributed by atoms with Gasteiger partial charge in [0, 0.05) is 0 Å². The van der Waals surface area contributed by atoms with E-state index in [4.69, 9.17) is 15.3 Å². The van der Waals surface area contributed by atoms with Crippen molar-refractivity contribution in [1.29, 1.82) is 0 Å². The Hall–Kier alpha value is -3.12. The second-order valence-corrected chi connectivity index (χ2v) is 3.00. The fourth-order valence-electron chi connectivity index (χ4n) is 0. The van der Waals surface area contributed by atoms with E-state index >= 15 is 0 Å². The molecule has 88 valence electrons. The van der Waals surface area contributed by atoms with Crippen molar-refractivity contribution >= 4 is 0 Å². The molecule has 0 amide bonds. The van der Waals surface area contributed by atoms with E-state index in [0.29, 0.717) is 5.41 Å². The van der Waals surface area contributed by atoms with Crippen molar-refractivity contribution < 1.29 is 15.3 Å². The van der Waals surface area contributed by atoms with Gasteiger partial charge in [-0.15, -0.1) is 0 Å². The normalized spacial score (nSPS) is 5.20. The summed E-state index contributed by atoms with van der Waals surface area (Å²) in [4.78, 5) is 0. The Balaban J connectivity index is -0.00000000736. The molecule has 0 rings (SSSR count). The van der Waals surface area contributed by atoms with Crippen LogP contribution in [0.15, 0.2) is 0 Å². The molecular formula is C9H25Mt3O3-3. The van der Waals surface area contributed by atoms with Crippen LogP contribution >= 0.6 is 0 Å². The largest absolute Gasteiger partial charge is 0.857 e. The molecule has 0 aliphatic carbocycles. The second kappa shape index (κ2) is 128. The SMILES string of the molecule is C.CC(C)(C)C.C[O-].C[O-].C[O-].[Mt].[Mt].[Mt]. The number of hydrogen-bond donors (Lipinski definition) is 0. The second-order valence-electron chi connectivity index (χ2n) is 3.00. The predicted molar refractivity (Wildman–Crippen MR) is 49.6 cm³/mol. The summed E-state index contributed by atoms with van der Waals surface area (Å²) in [6.45, 7) is 8.75. The molecule has 0 bridgehead atoms. The first-order valence-electron chi connectivity index (χ1n) is 3.22. The molecule has 0 aliphatic heterocycles. The van der Waals surface area contributed by atoms with Gasteiger partial charge in [-0.1, -0.05) is 35.1 Å². The predicted octanol–water partition coefficient (Wildman–Crippen LogP) is -0.382. The summed E-state index contributed by atoms with van der Waals surface area (Å²) in [5.74, 6) is 0. The molecule has 0 fully saturated rings. The van der Waals surface area contributed by atoms with Gasteiger partial charge in [-0.25, -0.2) is 0 Å². The maximum Gasteiger partial charge on any atom is 0 e. The maximum absolute atomic E-state index is 8.25. The standard InChI is InChI=1S/C5H12.3CH3O.CH4.3Mt/c1-5(2,3)4;3*1-2;;;;/h1-4H3;3*1H3;1H4;;;/q;3*-1;;;;. The summed E-state index contributed by atoms with van der Waals surface area (Å²) >= 11 is 0. The van der Waals surface area contributed by atoms with Crippen molar-refractivity contribution in [1.82, 2.24) is 0 Å². The van der Waals surface area contributed by atoms with Gasteiger partial charge in [-0.3, -0.25) is 0 Å². The molecule has 15 heavy (non-hydrogen) atoms. The minimum atomic E-state index is 0. The van der Waals surface area contributed by atoms with Crippen molar-refractivity contribution in [2.75, 3.05) is 21.3 Å². The van der Waals surface area contributed by atoms with E-state index in [1.54, 1.807) is 0 Å². The van der Waals surface area contributed by atoms with Gasteiger partial charge < -0.3 is 15.3 Å². The van der Waals surface area contributed by atoms with Crippen molar-refractivity contribution in [2.45, 2.75) is 35.1 Å². The average Bonchev–Trinajstić information content (AvgIpc) is 1.96. The molecule has 3 nitrogen and oxygen atoms in total. The zero-order valence-corrected chi connectivity index (χ0v) is 30.6. The van der Waals surface area contributed by atoms with Gasteiger partial charge in [0.15, 0.2) is 0 Å². The van der Waals surface area contributed by atoms with Crippen LogP contribution < -0.4 is 15.3 Å². The molecular weight excluding hydrogens is 990 g/mol. The van der Waals surface area contributed by atoms with Gasteiger partial charge in [0.25, 0.3) is 0 Å². The van der Waals surface area contributed by atoms with Crippen LogP contribution in [0.3, 0.4) is 0 Å². The Bertz CT molecular complexity index is 36.1. The van der Waals surface area contributed by atoms with E-state index in [2.05, 4.69) is 27.7 Å². The van der Waals surface area contributed by atoms with Crippen LogP contribution in [-0.4, -0.2) is 21.3 Å². The molecule has 0 N–H and O–H groups in total. The average molecular weight is 1020 g/mol. The molecule has 6 heteroatoms. The summed E-state index contributed by atoms with van der Waals surface area (Å²) in [5.41, 5.74) is 0.500. The summed E-state index contributed by atoms with van der Waals surface area (Å²) < 4.78 is 0. The summed E-state index contributed by atoms with van der Waals surface area (Å²) in [6.07, 6.45) is 0. The van der Waals surface area contributed by atoms with Crippen molar-refractivity contribution in [3.05, 3.63) is 0 Å². The van der Waals surface area contributed by atoms with Crippen LogP contribution in [0, 0.1) is 5.41 Å². The van der Waals surface area contributed by atoms with Gasteiger partial charge in [0.1, 0.15) is 0 Å². The summed E-state index contributed by atoms with van der Waals surface area (Å²) in [6, 6.07) is 0. The maximum atomic E-state index is 8.25. The van der Waals surface area contributed by atoms with Crippen LogP contribution in [0.1, 0.15) is 35.1 Å². The van der Waals surface area contributed by atoms with Crippen molar-refractivity contribution in [3.8, 4) is 0 Å². The van der Waals surface area contributed by atoms with E-state index in [1.165, 1.54) is 0 Å². The number of hydrogen-bond acceptors (Lipinski definition) is 3. The molecule has 0 unspecified atom stereocenters. The fraction of sp³-hybridized carbons (Fsp3) is 1.00. The first kappa shape index (κ1) is 93.4. The fourth-order valence-corrected chi connectivity index (χ4v) is 0. The van der Waals surface area contributed by atoms with Gasteiger partial charge in [0.05, 0.1) is 0 Å². The smallest absolute Gasteiger partial charge is 0 e. The Morgan fingerprint density at radius 2 is 0.533 bits per heavy atom. The minimum Gasteiger partial charge on any atom is -0.857 e. The van der Waals surface area contributed by atoms with Crippen LogP contribution in [0.5, 0.6) is 0 Å². The molecule has 0 spiro atoms. The Morgan fingerprint density at radius 1 is 0.533 bits per heavy atom. The molecule has 0 aromatic heterocycles. The summed E-state index contributed by atoms with van der Waals surface area (Å²) in [7, 11) is 2.25. The van der Waals surface area contributed by atoms with E-state index < -0.39 is 0 Å². The van der Waals surface area contributed by atoms with E-state index in [1.807, 2.05) is 0 Å².